The summed E-state index contributed by atoms with van der Waals surface area (Å²) in [4.78, 5) is 20.3. The Hall–Kier alpha value is -2.47. The first-order chi connectivity index (χ1) is 10.2. The summed E-state index contributed by atoms with van der Waals surface area (Å²) in [6, 6.07) is 13.0. The van der Waals surface area contributed by atoms with Gasteiger partial charge in [-0.25, -0.2) is 4.98 Å². The number of nitrogens with two attached hydrogens (primary N) is 1. The van der Waals surface area contributed by atoms with E-state index in [1.165, 1.54) is 0 Å². The molecule has 0 saturated carbocycles. The second kappa shape index (κ2) is 5.49. The van der Waals surface area contributed by atoms with Gasteiger partial charge in [0.2, 0.25) is 5.95 Å². The molecule has 0 aliphatic carbocycles. The van der Waals surface area contributed by atoms with Crippen LogP contribution in [-0.4, -0.2) is 16.2 Å². The number of hydrogen-bond donors (Lipinski definition) is 3. The summed E-state index contributed by atoms with van der Waals surface area (Å²) in [5.74, 6) is 0.413. The third kappa shape index (κ3) is 2.85. The number of hydrogen-bond acceptors (Lipinski definition) is 5. The Kier molecular flexibility index (Phi) is 3.53. The predicted octanol–water partition coefficient (Wildman–Crippen LogP) is 2.97. The van der Waals surface area contributed by atoms with Crippen LogP contribution in [0.25, 0.3) is 10.9 Å². The first-order valence-corrected chi connectivity index (χ1v) is 7.59. The van der Waals surface area contributed by atoms with Gasteiger partial charge in [-0.15, -0.1) is 11.8 Å². The van der Waals surface area contributed by atoms with E-state index in [9.17, 15) is 4.79 Å². The van der Waals surface area contributed by atoms with Gasteiger partial charge >= 0.3 is 0 Å². The molecule has 6 heteroatoms. The van der Waals surface area contributed by atoms with Gasteiger partial charge in [-0.05, 0) is 42.7 Å². The van der Waals surface area contributed by atoms with Gasteiger partial charge in [-0.2, -0.15) is 0 Å². The monoisotopic (exact) mass is 298 g/mol. The van der Waals surface area contributed by atoms with Gasteiger partial charge in [0, 0.05) is 16.3 Å². The second-order valence-electron chi connectivity index (χ2n) is 4.55. The van der Waals surface area contributed by atoms with Gasteiger partial charge in [0.15, 0.2) is 0 Å². The number of anilines is 3. The van der Waals surface area contributed by atoms with Gasteiger partial charge in [0.25, 0.3) is 5.56 Å². The molecule has 0 radical (unpaired) electrons. The lowest BCUT2D eigenvalue weighted by Gasteiger charge is -2.07. The summed E-state index contributed by atoms with van der Waals surface area (Å²) in [5.41, 5.74) is 7.50. The molecule has 4 N–H and O–H groups in total. The maximum Gasteiger partial charge on any atom is 0.260 e. The number of nitrogens with zero attached hydrogens (tertiary/aromatic N) is 1. The summed E-state index contributed by atoms with van der Waals surface area (Å²) < 4.78 is 0. The van der Waals surface area contributed by atoms with E-state index in [1.807, 2.05) is 30.5 Å². The number of aromatic nitrogens is 2. The van der Waals surface area contributed by atoms with Crippen LogP contribution in [0.4, 0.5) is 17.3 Å². The highest BCUT2D eigenvalue weighted by Gasteiger charge is 2.05. The molecule has 5 nitrogen and oxygen atoms in total. The summed E-state index contributed by atoms with van der Waals surface area (Å²) >= 11 is 1.65. The minimum absolute atomic E-state index is 0.212. The summed E-state index contributed by atoms with van der Waals surface area (Å²) in [6.07, 6.45) is 2.01. The first-order valence-electron chi connectivity index (χ1n) is 6.36. The van der Waals surface area contributed by atoms with E-state index < -0.39 is 0 Å². The molecule has 3 rings (SSSR count). The molecular formula is C15H14N4OS. The largest absolute Gasteiger partial charge is 0.399 e. The zero-order chi connectivity index (χ0) is 14.8. The highest BCUT2D eigenvalue weighted by molar-refractivity contribution is 7.98. The zero-order valence-corrected chi connectivity index (χ0v) is 12.2. The molecule has 0 aliphatic rings. The number of nitrogens with one attached hydrogen (secondary N) is 2. The van der Waals surface area contributed by atoms with Crippen LogP contribution < -0.4 is 16.6 Å². The molecule has 106 valence electrons. The van der Waals surface area contributed by atoms with Crippen LogP contribution in [-0.2, 0) is 0 Å². The SMILES string of the molecule is CSc1cccc(Nc2nc3ccc(N)cc3c(=O)[nH]2)c1. The van der Waals surface area contributed by atoms with Crippen molar-refractivity contribution in [1.29, 1.82) is 0 Å². The van der Waals surface area contributed by atoms with Gasteiger partial charge in [0.05, 0.1) is 10.9 Å². The lowest BCUT2D eigenvalue weighted by atomic mass is 10.2. The molecule has 1 heterocycles. The van der Waals surface area contributed by atoms with E-state index in [1.54, 1.807) is 30.0 Å². The van der Waals surface area contributed by atoms with Crippen LogP contribution in [0.5, 0.6) is 0 Å². The number of H-pyrrole nitrogens is 1. The number of rotatable bonds is 3. The molecule has 0 saturated heterocycles. The van der Waals surface area contributed by atoms with Gasteiger partial charge in [-0.3, -0.25) is 9.78 Å². The topological polar surface area (TPSA) is 83.8 Å². The molecular weight excluding hydrogens is 284 g/mol. The van der Waals surface area contributed by atoms with Crippen molar-refractivity contribution in [3.63, 3.8) is 0 Å². The Morgan fingerprint density at radius 3 is 2.90 bits per heavy atom. The number of benzene rings is 2. The molecule has 0 bridgehead atoms. The quantitative estimate of drug-likeness (QED) is 0.511. The summed E-state index contributed by atoms with van der Waals surface area (Å²) in [6.45, 7) is 0. The predicted molar refractivity (Wildman–Crippen MR) is 88.3 cm³/mol. The Labute approximate surface area is 125 Å². The summed E-state index contributed by atoms with van der Waals surface area (Å²) in [5, 5.41) is 3.60. The molecule has 0 fully saturated rings. The van der Waals surface area contributed by atoms with Crippen LogP contribution in [0.3, 0.4) is 0 Å². The van der Waals surface area contributed by atoms with Crippen LogP contribution >= 0.6 is 11.8 Å². The number of fused-ring (bicyclic) bond motifs is 1. The standard InChI is InChI=1S/C15H14N4OS/c1-21-11-4-2-3-10(8-11)17-15-18-13-6-5-9(16)7-12(13)14(20)19-15/h2-8H,16H2,1H3,(H2,17,18,19,20). The minimum atomic E-state index is -0.212. The molecule has 0 atom stereocenters. The van der Waals surface area contributed by atoms with Crippen molar-refractivity contribution in [1.82, 2.24) is 9.97 Å². The van der Waals surface area contributed by atoms with Crippen LogP contribution in [0.15, 0.2) is 52.2 Å². The third-order valence-electron chi connectivity index (χ3n) is 3.06. The van der Waals surface area contributed by atoms with E-state index in [0.29, 0.717) is 22.5 Å². The smallest absolute Gasteiger partial charge is 0.260 e. The first kappa shape index (κ1) is 13.5. The van der Waals surface area contributed by atoms with Gasteiger partial charge in [-0.1, -0.05) is 6.07 Å². The van der Waals surface area contributed by atoms with Crippen molar-refractivity contribution in [2.75, 3.05) is 17.3 Å². The fourth-order valence-electron chi connectivity index (χ4n) is 2.05. The normalized spacial score (nSPS) is 10.7. The molecule has 0 spiro atoms. The molecule has 0 aliphatic heterocycles. The van der Waals surface area contributed by atoms with Crippen LogP contribution in [0, 0.1) is 0 Å². The zero-order valence-electron chi connectivity index (χ0n) is 11.4. The Bertz CT molecular complexity index is 860. The summed E-state index contributed by atoms with van der Waals surface area (Å²) in [7, 11) is 0. The molecule has 3 aromatic rings. The van der Waals surface area contributed by atoms with Crippen molar-refractivity contribution in [2.45, 2.75) is 4.90 Å². The van der Waals surface area contributed by atoms with Crippen molar-refractivity contribution < 1.29 is 0 Å². The highest BCUT2D eigenvalue weighted by atomic mass is 32.2. The maximum atomic E-state index is 12.1. The lowest BCUT2D eigenvalue weighted by molar-refractivity contribution is 1.17. The Morgan fingerprint density at radius 1 is 1.24 bits per heavy atom. The van der Waals surface area contributed by atoms with E-state index in [4.69, 9.17) is 5.73 Å². The van der Waals surface area contributed by atoms with Crippen molar-refractivity contribution >= 4 is 40.0 Å². The molecule has 2 aromatic carbocycles. The third-order valence-corrected chi connectivity index (χ3v) is 3.79. The second-order valence-corrected chi connectivity index (χ2v) is 5.43. The van der Waals surface area contributed by atoms with E-state index in [-0.39, 0.29) is 5.56 Å². The van der Waals surface area contributed by atoms with E-state index >= 15 is 0 Å². The molecule has 0 amide bonds. The number of thioether (sulfide) groups is 1. The van der Waals surface area contributed by atoms with E-state index in [0.717, 1.165) is 10.6 Å². The molecule has 1 aromatic heterocycles. The molecule has 0 unspecified atom stereocenters. The Morgan fingerprint density at radius 2 is 2.10 bits per heavy atom. The molecule has 21 heavy (non-hydrogen) atoms. The van der Waals surface area contributed by atoms with E-state index in [2.05, 4.69) is 15.3 Å². The van der Waals surface area contributed by atoms with Crippen molar-refractivity contribution in [3.8, 4) is 0 Å². The van der Waals surface area contributed by atoms with Gasteiger partial charge < -0.3 is 11.1 Å². The van der Waals surface area contributed by atoms with Crippen molar-refractivity contribution in [3.05, 3.63) is 52.8 Å². The minimum Gasteiger partial charge on any atom is -0.399 e. The van der Waals surface area contributed by atoms with Crippen molar-refractivity contribution in [2.24, 2.45) is 0 Å². The van der Waals surface area contributed by atoms with Crippen LogP contribution in [0.2, 0.25) is 0 Å². The fourth-order valence-corrected chi connectivity index (χ4v) is 2.51. The van der Waals surface area contributed by atoms with Crippen LogP contribution in [0.1, 0.15) is 0 Å². The Balaban J connectivity index is 2.01. The number of nitrogen functional groups attached to an aromatic ring is 1. The maximum absolute atomic E-state index is 12.1. The fraction of sp³-hybridized carbons (Fsp3) is 0.0667. The average molecular weight is 298 g/mol. The number of aromatic amines is 1. The van der Waals surface area contributed by atoms with Gasteiger partial charge in [0.1, 0.15) is 0 Å². The highest BCUT2D eigenvalue weighted by Crippen LogP contribution is 2.21. The average Bonchev–Trinajstić information content (AvgIpc) is 2.48. The lowest BCUT2D eigenvalue weighted by Crippen LogP contribution is -2.11.